The average Bonchev–Trinajstić information content (AvgIpc) is 3.27. The molecular formula is C25H22ClF2N5O. The number of halogens is 3. The van der Waals surface area contributed by atoms with Crippen molar-refractivity contribution in [3.05, 3.63) is 77.7 Å². The zero-order valence-corrected chi connectivity index (χ0v) is 18.9. The van der Waals surface area contributed by atoms with Crippen LogP contribution in [0.25, 0.3) is 22.6 Å². The molecule has 0 atom stereocenters. The zero-order chi connectivity index (χ0) is 23.7. The molecule has 0 spiro atoms. The van der Waals surface area contributed by atoms with Gasteiger partial charge >= 0.3 is 0 Å². The SMILES string of the molecule is OC1CCC(n2cnc(-c3ccc(F)cc3)c2-c2ccnc(Nc3ccc(F)cc3Cl)n2)CC1. The van der Waals surface area contributed by atoms with Crippen LogP contribution >= 0.6 is 11.6 Å². The molecule has 0 amide bonds. The lowest BCUT2D eigenvalue weighted by Crippen LogP contribution is -2.21. The van der Waals surface area contributed by atoms with Gasteiger partial charge in [-0.3, -0.25) is 0 Å². The molecule has 2 N–H and O–H groups in total. The second-order valence-corrected chi connectivity index (χ2v) is 8.74. The lowest BCUT2D eigenvalue weighted by Gasteiger charge is -2.28. The van der Waals surface area contributed by atoms with Crippen molar-refractivity contribution in [1.82, 2.24) is 19.5 Å². The monoisotopic (exact) mass is 481 g/mol. The van der Waals surface area contributed by atoms with Crippen molar-refractivity contribution in [1.29, 1.82) is 0 Å². The minimum atomic E-state index is -0.435. The number of hydrogen-bond acceptors (Lipinski definition) is 5. The Balaban J connectivity index is 1.56. The fourth-order valence-electron chi connectivity index (χ4n) is 4.31. The van der Waals surface area contributed by atoms with Crippen molar-refractivity contribution in [3.63, 3.8) is 0 Å². The van der Waals surface area contributed by atoms with Crippen LogP contribution in [0.4, 0.5) is 20.4 Å². The Kier molecular flexibility index (Phi) is 6.26. The number of imidazole rings is 1. The number of aliphatic hydroxyl groups is 1. The third-order valence-corrected chi connectivity index (χ3v) is 6.36. The van der Waals surface area contributed by atoms with Crippen molar-refractivity contribution < 1.29 is 13.9 Å². The number of aromatic nitrogens is 4. The van der Waals surface area contributed by atoms with Gasteiger partial charge in [0.05, 0.1) is 40.2 Å². The first kappa shape index (κ1) is 22.4. The van der Waals surface area contributed by atoms with E-state index in [1.54, 1.807) is 30.7 Å². The van der Waals surface area contributed by atoms with Gasteiger partial charge in [-0.2, -0.15) is 0 Å². The first-order valence-electron chi connectivity index (χ1n) is 11.0. The van der Waals surface area contributed by atoms with E-state index in [0.29, 0.717) is 35.9 Å². The van der Waals surface area contributed by atoms with E-state index in [1.807, 2.05) is 0 Å². The molecule has 6 nitrogen and oxygen atoms in total. The van der Waals surface area contributed by atoms with Gasteiger partial charge in [0, 0.05) is 17.8 Å². The highest BCUT2D eigenvalue weighted by Gasteiger charge is 2.26. The van der Waals surface area contributed by atoms with Crippen LogP contribution in [0.15, 0.2) is 61.1 Å². The smallest absolute Gasteiger partial charge is 0.227 e. The highest BCUT2D eigenvalue weighted by molar-refractivity contribution is 6.33. The summed E-state index contributed by atoms with van der Waals surface area (Å²) in [5.41, 5.74) is 3.33. The molecule has 9 heteroatoms. The Morgan fingerprint density at radius 2 is 1.68 bits per heavy atom. The number of nitrogens with zero attached hydrogens (tertiary/aromatic N) is 4. The van der Waals surface area contributed by atoms with Gasteiger partial charge in [0.25, 0.3) is 0 Å². The number of hydrogen-bond donors (Lipinski definition) is 2. The largest absolute Gasteiger partial charge is 0.393 e. The summed E-state index contributed by atoms with van der Waals surface area (Å²) in [6, 6.07) is 12.2. The molecule has 1 aliphatic carbocycles. The highest BCUT2D eigenvalue weighted by atomic mass is 35.5. The van der Waals surface area contributed by atoms with E-state index in [4.69, 9.17) is 11.6 Å². The van der Waals surface area contributed by atoms with E-state index in [9.17, 15) is 13.9 Å². The van der Waals surface area contributed by atoms with E-state index in [0.717, 1.165) is 24.1 Å². The summed E-state index contributed by atoms with van der Waals surface area (Å²) in [7, 11) is 0. The Morgan fingerprint density at radius 1 is 0.941 bits per heavy atom. The zero-order valence-electron chi connectivity index (χ0n) is 18.1. The first-order chi connectivity index (χ1) is 16.5. The van der Waals surface area contributed by atoms with Gasteiger partial charge in [0.1, 0.15) is 11.6 Å². The summed E-state index contributed by atoms with van der Waals surface area (Å²) in [6.45, 7) is 0. The molecule has 4 aromatic rings. The molecule has 174 valence electrons. The average molecular weight is 482 g/mol. The van der Waals surface area contributed by atoms with Crippen LogP contribution in [0, 0.1) is 11.6 Å². The highest BCUT2D eigenvalue weighted by Crippen LogP contribution is 2.37. The van der Waals surface area contributed by atoms with E-state index in [-0.39, 0.29) is 23.0 Å². The third kappa shape index (κ3) is 4.64. The van der Waals surface area contributed by atoms with Gasteiger partial charge in [-0.1, -0.05) is 11.6 Å². The fraction of sp³-hybridized carbons (Fsp3) is 0.240. The van der Waals surface area contributed by atoms with E-state index < -0.39 is 5.82 Å². The fourth-order valence-corrected chi connectivity index (χ4v) is 4.52. The standard InChI is InChI=1S/C25H22ClF2N5O/c26-20-13-17(28)5-10-21(20)31-25-29-12-11-22(32-25)24-23(15-1-3-16(27)4-2-15)30-14-33(24)18-6-8-19(34)9-7-18/h1-5,10-14,18-19,34H,6-9H2,(H,29,31,32). The van der Waals surface area contributed by atoms with E-state index in [1.165, 1.54) is 30.3 Å². The first-order valence-corrected chi connectivity index (χ1v) is 11.4. The minimum Gasteiger partial charge on any atom is -0.393 e. The quantitative estimate of drug-likeness (QED) is 0.357. The molecule has 0 aliphatic heterocycles. The molecule has 2 aromatic heterocycles. The molecule has 5 rings (SSSR count). The van der Waals surface area contributed by atoms with Crippen molar-refractivity contribution in [2.45, 2.75) is 37.8 Å². The number of anilines is 2. The molecule has 34 heavy (non-hydrogen) atoms. The second kappa shape index (κ2) is 9.48. The van der Waals surface area contributed by atoms with Gasteiger partial charge in [-0.05, 0) is 74.2 Å². The summed E-state index contributed by atoms with van der Waals surface area (Å²) < 4.78 is 29.1. The number of nitrogens with one attached hydrogen (secondary N) is 1. The maximum atomic E-state index is 13.6. The summed E-state index contributed by atoms with van der Waals surface area (Å²) in [5.74, 6) is -0.464. The molecule has 0 bridgehead atoms. The van der Waals surface area contributed by atoms with Crippen molar-refractivity contribution in [2.75, 3.05) is 5.32 Å². The Morgan fingerprint density at radius 3 is 2.41 bits per heavy atom. The normalized spacial score (nSPS) is 18.1. The van der Waals surface area contributed by atoms with Crippen molar-refractivity contribution in [3.8, 4) is 22.6 Å². The number of benzene rings is 2. The van der Waals surface area contributed by atoms with E-state index >= 15 is 0 Å². The lowest BCUT2D eigenvalue weighted by molar-refractivity contribution is 0.111. The second-order valence-electron chi connectivity index (χ2n) is 8.33. The minimum absolute atomic E-state index is 0.151. The maximum absolute atomic E-state index is 13.6. The van der Waals surface area contributed by atoms with Gasteiger partial charge in [-0.25, -0.2) is 23.7 Å². The molecule has 0 saturated heterocycles. The van der Waals surface area contributed by atoms with Gasteiger partial charge < -0.3 is 15.0 Å². The lowest BCUT2D eigenvalue weighted by atomic mass is 9.92. The Labute approximate surface area is 200 Å². The summed E-state index contributed by atoms with van der Waals surface area (Å²) in [5, 5.41) is 13.2. The molecular weight excluding hydrogens is 460 g/mol. The summed E-state index contributed by atoms with van der Waals surface area (Å²) in [6.07, 6.45) is 6.18. The van der Waals surface area contributed by atoms with Crippen LogP contribution in [0.1, 0.15) is 31.7 Å². The summed E-state index contributed by atoms with van der Waals surface area (Å²) in [4.78, 5) is 13.6. The topological polar surface area (TPSA) is 75.9 Å². The molecule has 2 aromatic carbocycles. The van der Waals surface area contributed by atoms with Crippen LogP contribution in [0.5, 0.6) is 0 Å². The van der Waals surface area contributed by atoms with Crippen LogP contribution in [-0.4, -0.2) is 30.7 Å². The third-order valence-electron chi connectivity index (χ3n) is 6.05. The van der Waals surface area contributed by atoms with Crippen molar-refractivity contribution >= 4 is 23.2 Å². The molecule has 2 heterocycles. The van der Waals surface area contributed by atoms with Gasteiger partial charge in [0.2, 0.25) is 5.95 Å². The predicted molar refractivity (Wildman–Crippen MR) is 127 cm³/mol. The van der Waals surface area contributed by atoms with Gasteiger partial charge in [-0.15, -0.1) is 0 Å². The number of aliphatic hydroxyl groups excluding tert-OH is 1. The summed E-state index contributed by atoms with van der Waals surface area (Å²) >= 11 is 6.15. The van der Waals surface area contributed by atoms with Crippen LogP contribution < -0.4 is 5.32 Å². The molecule has 1 saturated carbocycles. The molecule has 0 unspecified atom stereocenters. The molecule has 0 radical (unpaired) electrons. The molecule has 1 aliphatic rings. The molecule has 1 fully saturated rings. The number of rotatable bonds is 5. The van der Waals surface area contributed by atoms with Crippen molar-refractivity contribution in [2.24, 2.45) is 0 Å². The van der Waals surface area contributed by atoms with Crippen LogP contribution in [0.2, 0.25) is 5.02 Å². The van der Waals surface area contributed by atoms with Crippen LogP contribution in [0.3, 0.4) is 0 Å². The Bertz CT molecular complexity index is 1300. The van der Waals surface area contributed by atoms with Crippen LogP contribution in [-0.2, 0) is 0 Å². The predicted octanol–water partition coefficient (Wildman–Crippen LogP) is 6.16. The Hall–Kier alpha value is -3.36. The maximum Gasteiger partial charge on any atom is 0.227 e. The van der Waals surface area contributed by atoms with E-state index in [2.05, 4.69) is 24.8 Å². The van der Waals surface area contributed by atoms with Gasteiger partial charge in [0.15, 0.2) is 0 Å².